The van der Waals surface area contributed by atoms with E-state index in [1.165, 1.54) is 0 Å². The number of carbonyl (C=O) groups excluding carboxylic acids is 1. The summed E-state index contributed by atoms with van der Waals surface area (Å²) >= 11 is 5.59. The second kappa shape index (κ2) is 7.96. The van der Waals surface area contributed by atoms with Gasteiger partial charge >= 0.3 is 0 Å². The quantitative estimate of drug-likeness (QED) is 0.708. The minimum absolute atomic E-state index is 0.0416. The van der Waals surface area contributed by atoms with Crippen LogP contribution in [0.15, 0.2) is 22.7 Å². The van der Waals surface area contributed by atoms with Gasteiger partial charge < -0.3 is 15.0 Å². The number of benzene rings is 1. The Morgan fingerprint density at radius 2 is 2.17 bits per heavy atom. The maximum atomic E-state index is 11.5. The van der Waals surface area contributed by atoms with E-state index in [0.29, 0.717) is 12.3 Å². The average molecular weight is 427 g/mol. The molecule has 1 aromatic carbocycles. The molecule has 1 amide bonds. The van der Waals surface area contributed by atoms with Crippen molar-refractivity contribution >= 4 is 44.4 Å². The molecule has 1 rings (SSSR count). The highest BCUT2D eigenvalue weighted by Gasteiger charge is 2.04. The number of carbonyl (C=O) groups is 1. The highest BCUT2D eigenvalue weighted by atomic mass is 127. The lowest BCUT2D eigenvalue weighted by Crippen LogP contribution is -2.34. The monoisotopic (exact) mass is 426 g/mol. The van der Waals surface area contributed by atoms with Gasteiger partial charge in [-0.25, -0.2) is 0 Å². The predicted octanol–water partition coefficient (Wildman–Crippen LogP) is 2.11. The largest absolute Gasteiger partial charge is 0.484 e. The molecule has 0 fully saturated rings. The molecule has 0 saturated heterocycles. The van der Waals surface area contributed by atoms with Crippen LogP contribution in [0.2, 0.25) is 0 Å². The Balaban J connectivity index is 2.33. The van der Waals surface area contributed by atoms with Crippen LogP contribution in [0.1, 0.15) is 0 Å². The molecule has 0 bridgehead atoms. The summed E-state index contributed by atoms with van der Waals surface area (Å²) in [6, 6.07) is 5.71. The third-order valence-corrected chi connectivity index (χ3v) is 3.17. The van der Waals surface area contributed by atoms with E-state index in [0.717, 1.165) is 14.6 Å². The van der Waals surface area contributed by atoms with Crippen LogP contribution in [0.25, 0.3) is 0 Å². The molecule has 0 aliphatic heterocycles. The smallest absolute Gasteiger partial charge is 0.257 e. The Bertz CT molecular complexity index is 393. The Hall–Kier alpha value is -0.340. The predicted molar refractivity (Wildman–Crippen MR) is 83.9 cm³/mol. The van der Waals surface area contributed by atoms with Crippen LogP contribution in [0.4, 0.5) is 0 Å². The van der Waals surface area contributed by atoms with Gasteiger partial charge in [-0.1, -0.05) is 15.9 Å². The van der Waals surface area contributed by atoms with E-state index < -0.39 is 0 Å². The molecular weight excluding hydrogens is 411 g/mol. The molecule has 0 saturated carbocycles. The summed E-state index contributed by atoms with van der Waals surface area (Å²) in [5.41, 5.74) is 0. The molecule has 0 aromatic heterocycles. The summed E-state index contributed by atoms with van der Waals surface area (Å²) < 4.78 is 7.43. The molecule has 0 heterocycles. The number of nitrogens with zero attached hydrogens (tertiary/aromatic N) is 1. The molecule has 1 aromatic rings. The molecule has 0 spiro atoms. The Kier molecular flexibility index (Phi) is 6.95. The second-order valence-electron chi connectivity index (χ2n) is 4.05. The maximum absolute atomic E-state index is 11.5. The lowest BCUT2D eigenvalue weighted by atomic mass is 10.3. The van der Waals surface area contributed by atoms with Gasteiger partial charge in [-0.3, -0.25) is 4.79 Å². The number of rotatable bonds is 6. The minimum atomic E-state index is -0.105. The maximum Gasteiger partial charge on any atom is 0.257 e. The highest BCUT2D eigenvalue weighted by Crippen LogP contribution is 2.22. The molecule has 18 heavy (non-hydrogen) atoms. The van der Waals surface area contributed by atoms with Crippen LogP contribution >= 0.6 is 38.5 Å². The van der Waals surface area contributed by atoms with Crippen molar-refractivity contribution in [3.05, 3.63) is 26.2 Å². The number of likely N-dealkylation sites (N-methyl/N-ethyl adjacent to an activating group) is 1. The van der Waals surface area contributed by atoms with E-state index in [2.05, 4.69) is 43.8 Å². The number of nitrogens with one attached hydrogen (secondary N) is 1. The van der Waals surface area contributed by atoms with E-state index in [9.17, 15) is 4.79 Å². The van der Waals surface area contributed by atoms with Crippen LogP contribution in [-0.4, -0.2) is 44.6 Å². The van der Waals surface area contributed by atoms with Gasteiger partial charge in [-0.05, 0) is 54.9 Å². The Morgan fingerprint density at radius 3 is 2.78 bits per heavy atom. The normalized spacial score (nSPS) is 10.5. The van der Waals surface area contributed by atoms with Crippen molar-refractivity contribution in [3.63, 3.8) is 0 Å². The van der Waals surface area contributed by atoms with Gasteiger partial charge in [0.05, 0.1) is 0 Å². The molecule has 0 unspecified atom stereocenters. The molecule has 0 aliphatic carbocycles. The zero-order valence-electron chi connectivity index (χ0n) is 10.4. The second-order valence-corrected chi connectivity index (χ2v) is 6.21. The number of hydrogen-bond donors (Lipinski definition) is 1. The fourth-order valence-electron chi connectivity index (χ4n) is 1.23. The van der Waals surface area contributed by atoms with E-state index >= 15 is 0 Å². The lowest BCUT2D eigenvalue weighted by Gasteiger charge is -2.11. The topological polar surface area (TPSA) is 41.6 Å². The van der Waals surface area contributed by atoms with E-state index in [1.54, 1.807) is 0 Å². The third kappa shape index (κ3) is 6.55. The summed E-state index contributed by atoms with van der Waals surface area (Å²) in [5, 5.41) is 2.79. The van der Waals surface area contributed by atoms with Gasteiger partial charge in [0.25, 0.3) is 5.91 Å². The van der Waals surface area contributed by atoms with Gasteiger partial charge in [0, 0.05) is 21.1 Å². The van der Waals surface area contributed by atoms with Crippen molar-refractivity contribution in [2.45, 2.75) is 0 Å². The Labute approximate surface area is 129 Å². The summed E-state index contributed by atoms with van der Waals surface area (Å²) in [6.07, 6.45) is 0. The van der Waals surface area contributed by atoms with Crippen molar-refractivity contribution in [2.75, 3.05) is 33.8 Å². The van der Waals surface area contributed by atoms with Crippen LogP contribution in [0.3, 0.4) is 0 Å². The van der Waals surface area contributed by atoms with Crippen molar-refractivity contribution in [3.8, 4) is 5.75 Å². The zero-order valence-corrected chi connectivity index (χ0v) is 14.1. The summed E-state index contributed by atoms with van der Waals surface area (Å²) in [5.74, 6) is 0.586. The molecule has 0 radical (unpaired) electrons. The standard InChI is InChI=1S/C12H16BrIN2O2/c1-16(2)4-3-15-12(17)8-18-11-6-9(13)5-10(14)7-11/h5-7H,3-4,8H2,1-2H3,(H,15,17). The third-order valence-electron chi connectivity index (χ3n) is 2.09. The lowest BCUT2D eigenvalue weighted by molar-refractivity contribution is -0.123. The first kappa shape index (κ1) is 15.7. The summed E-state index contributed by atoms with van der Waals surface area (Å²) in [6.45, 7) is 1.49. The van der Waals surface area contributed by atoms with Gasteiger partial charge in [0.15, 0.2) is 6.61 Å². The molecule has 0 atom stereocenters. The highest BCUT2D eigenvalue weighted by molar-refractivity contribution is 14.1. The first-order chi connectivity index (χ1) is 8.47. The number of halogens is 2. The SMILES string of the molecule is CN(C)CCNC(=O)COc1cc(Br)cc(I)c1. The number of hydrogen-bond acceptors (Lipinski definition) is 3. The van der Waals surface area contributed by atoms with Crippen molar-refractivity contribution in [2.24, 2.45) is 0 Å². The molecule has 6 heteroatoms. The van der Waals surface area contributed by atoms with Gasteiger partial charge in [-0.15, -0.1) is 0 Å². The van der Waals surface area contributed by atoms with Crippen molar-refractivity contribution in [1.82, 2.24) is 10.2 Å². The summed E-state index contributed by atoms with van der Waals surface area (Å²) in [7, 11) is 3.93. The van der Waals surface area contributed by atoms with Crippen LogP contribution in [0.5, 0.6) is 5.75 Å². The zero-order chi connectivity index (χ0) is 13.5. The first-order valence-corrected chi connectivity index (χ1v) is 7.35. The molecule has 4 nitrogen and oxygen atoms in total. The first-order valence-electron chi connectivity index (χ1n) is 5.47. The minimum Gasteiger partial charge on any atom is -0.484 e. The van der Waals surface area contributed by atoms with E-state index in [1.807, 2.05) is 37.2 Å². The molecule has 100 valence electrons. The Morgan fingerprint density at radius 1 is 1.44 bits per heavy atom. The molecule has 1 N–H and O–H groups in total. The molecule has 0 aliphatic rings. The van der Waals surface area contributed by atoms with E-state index in [-0.39, 0.29) is 12.5 Å². The van der Waals surface area contributed by atoms with Gasteiger partial charge in [0.2, 0.25) is 0 Å². The van der Waals surface area contributed by atoms with Crippen molar-refractivity contribution < 1.29 is 9.53 Å². The number of amides is 1. The fraction of sp³-hybridized carbons (Fsp3) is 0.417. The van der Waals surface area contributed by atoms with Crippen molar-refractivity contribution in [1.29, 1.82) is 0 Å². The van der Waals surface area contributed by atoms with E-state index in [4.69, 9.17) is 4.74 Å². The number of ether oxygens (including phenoxy) is 1. The molecular formula is C12H16BrIN2O2. The van der Waals surface area contributed by atoms with Crippen LogP contribution < -0.4 is 10.1 Å². The van der Waals surface area contributed by atoms with Gasteiger partial charge in [-0.2, -0.15) is 0 Å². The van der Waals surface area contributed by atoms with Crippen LogP contribution in [0, 0.1) is 3.57 Å². The average Bonchev–Trinajstić information content (AvgIpc) is 2.24. The fourth-order valence-corrected chi connectivity index (χ4v) is 2.77. The van der Waals surface area contributed by atoms with Crippen LogP contribution in [-0.2, 0) is 4.79 Å². The summed E-state index contributed by atoms with van der Waals surface area (Å²) in [4.78, 5) is 13.5. The van der Waals surface area contributed by atoms with Gasteiger partial charge in [0.1, 0.15) is 5.75 Å².